The van der Waals surface area contributed by atoms with Gasteiger partial charge in [-0.3, -0.25) is 9.88 Å². The molecule has 0 bridgehead atoms. The number of furan rings is 1. The summed E-state index contributed by atoms with van der Waals surface area (Å²) in [7, 11) is 2.16. The molecule has 1 fully saturated rings. The molecule has 5 rings (SSSR count). The number of nitrogens with zero attached hydrogens (tertiary/aromatic N) is 3. The van der Waals surface area contributed by atoms with Crippen LogP contribution in [0.4, 0.5) is 0 Å². The summed E-state index contributed by atoms with van der Waals surface area (Å²) in [6, 6.07) is 7.63. The zero-order valence-electron chi connectivity index (χ0n) is 18.5. The predicted octanol–water partition coefficient (Wildman–Crippen LogP) is 4.27. The molecule has 4 heterocycles. The van der Waals surface area contributed by atoms with Crippen molar-refractivity contribution in [3.63, 3.8) is 0 Å². The Morgan fingerprint density at radius 3 is 2.52 bits per heavy atom. The third-order valence-electron chi connectivity index (χ3n) is 6.51. The maximum Gasteiger partial charge on any atom is 0.336 e. The van der Waals surface area contributed by atoms with Gasteiger partial charge in [0.1, 0.15) is 11.3 Å². The molecule has 0 saturated carbocycles. The van der Waals surface area contributed by atoms with Gasteiger partial charge >= 0.3 is 5.63 Å². The SMILES string of the molecule is Cc1ccc2c(-c3cc4c(CN5CCN(C)CC5)cnc(C)c4o3)cc(=O)oc2c1C. The zero-order valence-corrected chi connectivity index (χ0v) is 18.5. The molecule has 0 radical (unpaired) electrons. The number of piperazine rings is 1. The normalized spacial score (nSPS) is 15.9. The second-order valence-electron chi connectivity index (χ2n) is 8.66. The number of fused-ring (bicyclic) bond motifs is 2. The van der Waals surface area contributed by atoms with Crippen LogP contribution >= 0.6 is 0 Å². The van der Waals surface area contributed by atoms with E-state index < -0.39 is 0 Å². The van der Waals surface area contributed by atoms with Gasteiger partial charge < -0.3 is 13.7 Å². The minimum atomic E-state index is -0.371. The number of pyridine rings is 1. The van der Waals surface area contributed by atoms with Crippen LogP contribution in [0.3, 0.4) is 0 Å². The Kier molecular flexibility index (Phi) is 4.91. The number of benzene rings is 1. The highest BCUT2D eigenvalue weighted by atomic mass is 16.4. The number of aryl methyl sites for hydroxylation is 3. The molecule has 1 aromatic carbocycles. The molecule has 0 N–H and O–H groups in total. The Balaban J connectivity index is 1.63. The molecule has 3 aromatic heterocycles. The third-order valence-corrected chi connectivity index (χ3v) is 6.51. The molecule has 1 saturated heterocycles. The van der Waals surface area contributed by atoms with Crippen molar-refractivity contribution < 1.29 is 8.83 Å². The van der Waals surface area contributed by atoms with Gasteiger partial charge in [-0.15, -0.1) is 0 Å². The van der Waals surface area contributed by atoms with Gasteiger partial charge in [-0.05, 0) is 50.6 Å². The van der Waals surface area contributed by atoms with E-state index in [1.807, 2.05) is 33.0 Å². The van der Waals surface area contributed by atoms with Crippen molar-refractivity contribution in [1.29, 1.82) is 0 Å². The average molecular weight is 418 g/mol. The van der Waals surface area contributed by atoms with E-state index in [4.69, 9.17) is 8.83 Å². The van der Waals surface area contributed by atoms with Gasteiger partial charge in [0, 0.05) is 61.3 Å². The van der Waals surface area contributed by atoms with E-state index in [1.54, 1.807) is 0 Å². The molecule has 0 unspecified atom stereocenters. The summed E-state index contributed by atoms with van der Waals surface area (Å²) < 4.78 is 11.8. The number of hydrogen-bond donors (Lipinski definition) is 0. The summed E-state index contributed by atoms with van der Waals surface area (Å²) in [4.78, 5) is 21.7. The number of aromatic nitrogens is 1. The van der Waals surface area contributed by atoms with Crippen LogP contribution in [0.15, 0.2) is 44.1 Å². The molecule has 0 atom stereocenters. The summed E-state index contributed by atoms with van der Waals surface area (Å²) in [5.41, 5.74) is 5.86. The van der Waals surface area contributed by atoms with Gasteiger partial charge in [0.2, 0.25) is 0 Å². The van der Waals surface area contributed by atoms with E-state index in [0.717, 1.165) is 77.0 Å². The van der Waals surface area contributed by atoms with Crippen LogP contribution in [0.5, 0.6) is 0 Å². The number of hydrogen-bond acceptors (Lipinski definition) is 6. The summed E-state index contributed by atoms with van der Waals surface area (Å²) in [6.45, 7) is 11.0. The van der Waals surface area contributed by atoms with Gasteiger partial charge in [0.05, 0.1) is 5.69 Å². The van der Waals surface area contributed by atoms with E-state index >= 15 is 0 Å². The first kappa shape index (κ1) is 20.0. The molecule has 31 heavy (non-hydrogen) atoms. The van der Waals surface area contributed by atoms with Crippen LogP contribution in [0.2, 0.25) is 0 Å². The minimum absolute atomic E-state index is 0.371. The molecule has 1 aliphatic heterocycles. The van der Waals surface area contributed by atoms with Gasteiger partial charge in [0.15, 0.2) is 5.58 Å². The first-order chi connectivity index (χ1) is 14.9. The smallest absolute Gasteiger partial charge is 0.336 e. The van der Waals surface area contributed by atoms with Gasteiger partial charge in [-0.1, -0.05) is 12.1 Å². The highest BCUT2D eigenvalue weighted by Crippen LogP contribution is 2.35. The Bertz CT molecular complexity index is 1340. The highest BCUT2D eigenvalue weighted by molar-refractivity contribution is 5.97. The van der Waals surface area contributed by atoms with Gasteiger partial charge in [-0.25, -0.2) is 4.79 Å². The van der Waals surface area contributed by atoms with Crippen molar-refractivity contribution in [1.82, 2.24) is 14.8 Å². The van der Waals surface area contributed by atoms with Gasteiger partial charge in [0.25, 0.3) is 0 Å². The fourth-order valence-corrected chi connectivity index (χ4v) is 4.37. The molecular formula is C25H27N3O3. The third kappa shape index (κ3) is 3.56. The zero-order chi connectivity index (χ0) is 21.7. The van der Waals surface area contributed by atoms with E-state index in [1.165, 1.54) is 6.07 Å². The maximum absolute atomic E-state index is 12.3. The van der Waals surface area contributed by atoms with Crippen LogP contribution in [0, 0.1) is 20.8 Å². The highest BCUT2D eigenvalue weighted by Gasteiger charge is 2.20. The lowest BCUT2D eigenvalue weighted by atomic mass is 10.0. The van der Waals surface area contributed by atoms with Crippen molar-refractivity contribution in [2.75, 3.05) is 33.2 Å². The van der Waals surface area contributed by atoms with Crippen molar-refractivity contribution in [3.8, 4) is 11.3 Å². The van der Waals surface area contributed by atoms with Crippen LogP contribution in [-0.4, -0.2) is 48.0 Å². The van der Waals surface area contributed by atoms with E-state index in [2.05, 4.69) is 34.0 Å². The monoisotopic (exact) mass is 417 g/mol. The Hall–Kier alpha value is -2.96. The minimum Gasteiger partial charge on any atom is -0.454 e. The first-order valence-corrected chi connectivity index (χ1v) is 10.7. The first-order valence-electron chi connectivity index (χ1n) is 10.7. The van der Waals surface area contributed by atoms with Crippen molar-refractivity contribution in [2.45, 2.75) is 27.3 Å². The Labute approximate surface area is 181 Å². The van der Waals surface area contributed by atoms with Crippen molar-refractivity contribution in [3.05, 3.63) is 63.3 Å². The lowest BCUT2D eigenvalue weighted by molar-refractivity contribution is 0.148. The van der Waals surface area contributed by atoms with Crippen LogP contribution < -0.4 is 5.63 Å². The van der Waals surface area contributed by atoms with E-state index in [-0.39, 0.29) is 5.63 Å². The predicted molar refractivity (Wildman–Crippen MR) is 122 cm³/mol. The summed E-state index contributed by atoms with van der Waals surface area (Å²) >= 11 is 0. The van der Waals surface area contributed by atoms with E-state index in [9.17, 15) is 4.79 Å². The lowest BCUT2D eigenvalue weighted by Gasteiger charge is -2.32. The second-order valence-corrected chi connectivity index (χ2v) is 8.66. The molecule has 0 amide bonds. The van der Waals surface area contributed by atoms with Crippen LogP contribution in [0.25, 0.3) is 33.3 Å². The summed E-state index contributed by atoms with van der Waals surface area (Å²) in [5, 5.41) is 1.94. The summed E-state index contributed by atoms with van der Waals surface area (Å²) in [6.07, 6.45) is 1.96. The number of likely N-dealkylation sites (N-methyl/N-ethyl adjacent to an activating group) is 1. The Morgan fingerprint density at radius 1 is 0.968 bits per heavy atom. The Morgan fingerprint density at radius 2 is 1.74 bits per heavy atom. The molecule has 0 spiro atoms. The molecule has 160 valence electrons. The fourth-order valence-electron chi connectivity index (χ4n) is 4.37. The fraction of sp³-hybridized carbons (Fsp3) is 0.360. The molecule has 0 aliphatic carbocycles. The summed E-state index contributed by atoms with van der Waals surface area (Å²) in [5.74, 6) is 0.673. The topological polar surface area (TPSA) is 62.7 Å². The van der Waals surface area contributed by atoms with Crippen molar-refractivity contribution >= 4 is 21.9 Å². The second kappa shape index (κ2) is 7.62. The largest absolute Gasteiger partial charge is 0.454 e. The molecule has 6 heteroatoms. The van der Waals surface area contributed by atoms with Crippen LogP contribution in [0.1, 0.15) is 22.4 Å². The maximum atomic E-state index is 12.3. The van der Waals surface area contributed by atoms with E-state index in [0.29, 0.717) is 11.3 Å². The molecule has 6 nitrogen and oxygen atoms in total. The molecular weight excluding hydrogens is 390 g/mol. The average Bonchev–Trinajstić information content (AvgIpc) is 3.21. The van der Waals surface area contributed by atoms with Crippen molar-refractivity contribution in [2.24, 2.45) is 0 Å². The molecule has 1 aliphatic rings. The number of rotatable bonds is 3. The van der Waals surface area contributed by atoms with Crippen LogP contribution in [-0.2, 0) is 6.54 Å². The lowest BCUT2D eigenvalue weighted by Crippen LogP contribution is -2.43. The standard InChI is InChI=1S/C25H27N3O3/c1-15-5-6-19-21(12-23(29)31-24(19)16(15)2)22-11-20-18(13-26-17(3)25(20)30-22)14-28-9-7-27(4)8-10-28/h5-6,11-13H,7-10,14H2,1-4H3. The van der Waals surface area contributed by atoms with Gasteiger partial charge in [-0.2, -0.15) is 0 Å². The quantitative estimate of drug-likeness (QED) is 0.464. The molecule has 4 aromatic rings.